The van der Waals surface area contributed by atoms with Gasteiger partial charge in [-0.05, 0) is 31.2 Å². The van der Waals surface area contributed by atoms with E-state index in [4.69, 9.17) is 4.74 Å². The number of fused-ring (bicyclic) bond motifs is 1. The van der Waals surface area contributed by atoms with E-state index in [1.165, 1.54) is 0 Å². The zero-order chi connectivity index (χ0) is 18.8. The number of nitrogens with one attached hydrogen (secondary N) is 1. The van der Waals surface area contributed by atoms with Crippen molar-refractivity contribution in [2.24, 2.45) is 0 Å². The molecule has 4 rings (SSSR count). The van der Waals surface area contributed by atoms with Gasteiger partial charge in [-0.25, -0.2) is 4.68 Å². The first-order chi connectivity index (χ1) is 13.2. The second kappa shape index (κ2) is 7.36. The lowest BCUT2D eigenvalue weighted by Gasteiger charge is -2.13. The Hall–Kier alpha value is -2.93. The molecule has 1 atom stereocenters. The molecular weight excluding hydrogens is 362 g/mol. The highest BCUT2D eigenvalue weighted by atomic mass is 32.2. The SMILES string of the molecule is CCOc1ccccc1C(=O)Nc1c2c(nn1-c1ccccc1)CS(=O)C2. The summed E-state index contributed by atoms with van der Waals surface area (Å²) in [6, 6.07) is 16.7. The van der Waals surface area contributed by atoms with Crippen LogP contribution in [0.1, 0.15) is 28.5 Å². The Morgan fingerprint density at radius 2 is 1.89 bits per heavy atom. The van der Waals surface area contributed by atoms with E-state index in [0.29, 0.717) is 35.2 Å². The van der Waals surface area contributed by atoms with E-state index >= 15 is 0 Å². The van der Waals surface area contributed by atoms with Crippen molar-refractivity contribution >= 4 is 22.5 Å². The molecule has 3 aromatic rings. The van der Waals surface area contributed by atoms with Crippen LogP contribution in [0.2, 0.25) is 0 Å². The number of para-hydroxylation sites is 2. The van der Waals surface area contributed by atoms with Crippen LogP contribution in [0.4, 0.5) is 5.82 Å². The Morgan fingerprint density at radius 1 is 1.15 bits per heavy atom. The summed E-state index contributed by atoms with van der Waals surface area (Å²) in [4.78, 5) is 13.0. The average Bonchev–Trinajstić information content (AvgIpc) is 3.20. The fraction of sp³-hybridized carbons (Fsp3) is 0.200. The van der Waals surface area contributed by atoms with Gasteiger partial charge in [0.15, 0.2) is 0 Å². The number of aromatic nitrogens is 2. The number of hydrogen-bond donors (Lipinski definition) is 1. The maximum atomic E-state index is 13.0. The van der Waals surface area contributed by atoms with Crippen molar-refractivity contribution in [3.63, 3.8) is 0 Å². The van der Waals surface area contributed by atoms with Crippen LogP contribution >= 0.6 is 0 Å². The lowest BCUT2D eigenvalue weighted by molar-refractivity contribution is 0.102. The lowest BCUT2D eigenvalue weighted by Crippen LogP contribution is -2.17. The largest absolute Gasteiger partial charge is 0.493 e. The number of carbonyl (C=O) groups is 1. The van der Waals surface area contributed by atoms with Crippen molar-refractivity contribution in [3.8, 4) is 11.4 Å². The molecule has 138 valence electrons. The highest BCUT2D eigenvalue weighted by Crippen LogP contribution is 2.32. The van der Waals surface area contributed by atoms with Crippen molar-refractivity contribution in [1.29, 1.82) is 0 Å². The number of anilines is 1. The van der Waals surface area contributed by atoms with E-state index in [-0.39, 0.29) is 5.91 Å². The summed E-state index contributed by atoms with van der Waals surface area (Å²) < 4.78 is 19.3. The third-order valence-electron chi connectivity index (χ3n) is 4.33. The highest BCUT2D eigenvalue weighted by Gasteiger charge is 2.28. The van der Waals surface area contributed by atoms with Gasteiger partial charge in [-0.2, -0.15) is 5.10 Å². The molecule has 1 aliphatic heterocycles. The number of hydrogen-bond acceptors (Lipinski definition) is 4. The van der Waals surface area contributed by atoms with Crippen LogP contribution in [0, 0.1) is 0 Å². The first kappa shape index (κ1) is 17.5. The predicted molar refractivity (Wildman–Crippen MR) is 105 cm³/mol. The molecule has 0 spiro atoms. The topological polar surface area (TPSA) is 73.2 Å². The van der Waals surface area contributed by atoms with Crippen LogP contribution in [0.5, 0.6) is 5.75 Å². The summed E-state index contributed by atoms with van der Waals surface area (Å²) >= 11 is 0. The molecule has 0 bridgehead atoms. The Morgan fingerprint density at radius 3 is 2.67 bits per heavy atom. The van der Waals surface area contributed by atoms with E-state index in [9.17, 15) is 9.00 Å². The molecule has 0 fully saturated rings. The van der Waals surface area contributed by atoms with Gasteiger partial charge in [0.05, 0.1) is 35.1 Å². The fourth-order valence-electron chi connectivity index (χ4n) is 3.12. The van der Waals surface area contributed by atoms with Gasteiger partial charge in [0, 0.05) is 16.4 Å². The summed E-state index contributed by atoms with van der Waals surface area (Å²) in [6.45, 7) is 2.35. The van der Waals surface area contributed by atoms with Crippen molar-refractivity contribution in [2.45, 2.75) is 18.4 Å². The van der Waals surface area contributed by atoms with Crippen molar-refractivity contribution in [2.75, 3.05) is 11.9 Å². The quantitative estimate of drug-likeness (QED) is 0.736. The molecule has 0 aliphatic carbocycles. The molecule has 1 unspecified atom stereocenters. The van der Waals surface area contributed by atoms with Gasteiger partial charge in [0.25, 0.3) is 5.91 Å². The molecule has 7 heteroatoms. The number of rotatable bonds is 5. The standard InChI is InChI=1S/C20H19N3O3S/c1-2-26-18-11-7-6-10-15(18)20(24)21-19-16-12-27(25)13-17(16)22-23(19)14-8-4-3-5-9-14/h3-11H,2,12-13H2,1H3,(H,21,24). The van der Waals surface area contributed by atoms with E-state index in [2.05, 4.69) is 10.4 Å². The normalized spacial score (nSPS) is 15.4. The minimum absolute atomic E-state index is 0.281. The van der Waals surface area contributed by atoms with Gasteiger partial charge in [-0.3, -0.25) is 9.00 Å². The van der Waals surface area contributed by atoms with Gasteiger partial charge in [-0.15, -0.1) is 0 Å². The van der Waals surface area contributed by atoms with Crippen LogP contribution in [0.3, 0.4) is 0 Å². The second-order valence-corrected chi connectivity index (χ2v) is 7.59. The fourth-order valence-corrected chi connectivity index (χ4v) is 4.39. The van der Waals surface area contributed by atoms with Gasteiger partial charge >= 0.3 is 0 Å². The number of amides is 1. The zero-order valence-corrected chi connectivity index (χ0v) is 15.7. The number of benzene rings is 2. The molecule has 0 saturated heterocycles. The molecule has 6 nitrogen and oxygen atoms in total. The van der Waals surface area contributed by atoms with Gasteiger partial charge in [0.2, 0.25) is 0 Å². The molecule has 1 amide bonds. The smallest absolute Gasteiger partial charge is 0.260 e. The summed E-state index contributed by atoms with van der Waals surface area (Å²) in [7, 11) is -0.982. The first-order valence-corrected chi connectivity index (χ1v) is 10.2. The first-order valence-electron chi connectivity index (χ1n) is 8.71. The predicted octanol–water partition coefficient (Wildman–Crippen LogP) is 3.29. The van der Waals surface area contributed by atoms with E-state index < -0.39 is 10.8 Å². The Kier molecular flexibility index (Phi) is 4.77. The van der Waals surface area contributed by atoms with E-state index in [0.717, 1.165) is 16.9 Å². The molecule has 1 aromatic heterocycles. The molecule has 27 heavy (non-hydrogen) atoms. The number of carbonyl (C=O) groups excluding carboxylic acids is 1. The second-order valence-electron chi connectivity index (χ2n) is 6.13. The van der Waals surface area contributed by atoms with Gasteiger partial charge in [0.1, 0.15) is 11.6 Å². The number of ether oxygens (including phenoxy) is 1. The molecule has 0 radical (unpaired) electrons. The van der Waals surface area contributed by atoms with Crippen molar-refractivity contribution in [3.05, 3.63) is 71.4 Å². The molecule has 2 heterocycles. The Bertz CT molecular complexity index is 1010. The molecule has 2 aromatic carbocycles. The third-order valence-corrected chi connectivity index (χ3v) is 5.54. The molecule has 0 saturated carbocycles. The molecule has 1 N–H and O–H groups in total. The maximum absolute atomic E-state index is 13.0. The Balaban J connectivity index is 1.74. The third kappa shape index (κ3) is 3.38. The van der Waals surface area contributed by atoms with Gasteiger partial charge < -0.3 is 10.1 Å². The average molecular weight is 381 g/mol. The van der Waals surface area contributed by atoms with Crippen LogP contribution in [0.25, 0.3) is 5.69 Å². The van der Waals surface area contributed by atoms with Crippen LogP contribution in [-0.4, -0.2) is 26.5 Å². The Labute approximate surface area is 159 Å². The maximum Gasteiger partial charge on any atom is 0.260 e. The monoisotopic (exact) mass is 381 g/mol. The lowest BCUT2D eigenvalue weighted by atomic mass is 10.2. The minimum Gasteiger partial charge on any atom is -0.493 e. The van der Waals surface area contributed by atoms with Gasteiger partial charge in [-0.1, -0.05) is 30.3 Å². The molecule has 1 aliphatic rings. The van der Waals surface area contributed by atoms with Crippen molar-refractivity contribution in [1.82, 2.24) is 9.78 Å². The zero-order valence-electron chi connectivity index (χ0n) is 14.8. The van der Waals surface area contributed by atoms with Crippen LogP contribution in [0.15, 0.2) is 54.6 Å². The van der Waals surface area contributed by atoms with Crippen molar-refractivity contribution < 1.29 is 13.7 Å². The summed E-state index contributed by atoms with van der Waals surface area (Å²) in [6.07, 6.45) is 0. The minimum atomic E-state index is -0.982. The summed E-state index contributed by atoms with van der Waals surface area (Å²) in [5.41, 5.74) is 2.89. The van der Waals surface area contributed by atoms with E-state index in [1.54, 1.807) is 22.9 Å². The van der Waals surface area contributed by atoms with Crippen LogP contribution < -0.4 is 10.1 Å². The van der Waals surface area contributed by atoms with E-state index in [1.807, 2.05) is 43.3 Å². The molecular formula is C20H19N3O3S. The summed E-state index contributed by atoms with van der Waals surface area (Å²) in [5, 5.41) is 7.57. The highest BCUT2D eigenvalue weighted by molar-refractivity contribution is 7.83. The van der Waals surface area contributed by atoms with Crippen LogP contribution in [-0.2, 0) is 22.3 Å². The summed E-state index contributed by atoms with van der Waals surface area (Å²) in [5.74, 6) is 1.62. The number of nitrogens with zero attached hydrogens (tertiary/aromatic N) is 2.